The predicted molar refractivity (Wildman–Crippen MR) is 74.8 cm³/mol. The van der Waals surface area contributed by atoms with Crippen molar-refractivity contribution in [1.29, 1.82) is 5.41 Å². The lowest BCUT2D eigenvalue weighted by atomic mass is 10.1. The van der Waals surface area contributed by atoms with Crippen LogP contribution in [0.4, 0.5) is 10.1 Å². The van der Waals surface area contributed by atoms with E-state index in [1.165, 1.54) is 30.3 Å². The first-order chi connectivity index (χ1) is 9.97. The SMILES string of the molecule is N=C(N)c1cc(F)cc(COc2ccccc2[N+](=O)[O-])c1. The van der Waals surface area contributed by atoms with Gasteiger partial charge in [-0.25, -0.2) is 4.39 Å². The van der Waals surface area contributed by atoms with Crippen molar-refractivity contribution >= 4 is 11.5 Å². The van der Waals surface area contributed by atoms with Crippen molar-refractivity contribution in [2.45, 2.75) is 6.61 Å². The molecule has 0 aliphatic heterocycles. The molecule has 2 aromatic carbocycles. The molecule has 0 spiro atoms. The average molecular weight is 289 g/mol. The number of nitrogens with zero attached hydrogens (tertiary/aromatic N) is 1. The van der Waals surface area contributed by atoms with E-state index in [9.17, 15) is 14.5 Å². The Labute approximate surface area is 119 Å². The summed E-state index contributed by atoms with van der Waals surface area (Å²) in [6.45, 7) is -0.0666. The first-order valence-corrected chi connectivity index (χ1v) is 5.97. The Kier molecular flexibility index (Phi) is 4.13. The highest BCUT2D eigenvalue weighted by molar-refractivity contribution is 5.95. The Morgan fingerprint density at radius 3 is 2.71 bits per heavy atom. The molecule has 2 rings (SSSR count). The maximum Gasteiger partial charge on any atom is 0.310 e. The molecule has 2 aromatic rings. The van der Waals surface area contributed by atoms with Gasteiger partial charge in [0.2, 0.25) is 0 Å². The number of benzene rings is 2. The Bertz CT molecular complexity index is 704. The quantitative estimate of drug-likeness (QED) is 0.382. The minimum atomic E-state index is -0.554. The van der Waals surface area contributed by atoms with E-state index in [2.05, 4.69) is 0 Å². The molecule has 0 saturated heterocycles. The van der Waals surface area contributed by atoms with Crippen LogP contribution in [0.5, 0.6) is 5.75 Å². The van der Waals surface area contributed by atoms with E-state index in [0.29, 0.717) is 5.56 Å². The molecule has 21 heavy (non-hydrogen) atoms. The number of nitro groups is 1. The standard InChI is InChI=1S/C14H12FN3O3/c15-11-6-9(5-10(7-11)14(16)17)8-21-13-4-2-1-3-12(13)18(19)20/h1-7H,8H2,(H3,16,17). The fourth-order valence-corrected chi connectivity index (χ4v) is 1.78. The third-order valence-corrected chi connectivity index (χ3v) is 2.72. The predicted octanol–water partition coefficient (Wildman–Crippen LogP) is 2.60. The van der Waals surface area contributed by atoms with Gasteiger partial charge in [0.05, 0.1) is 4.92 Å². The Morgan fingerprint density at radius 1 is 1.33 bits per heavy atom. The molecular formula is C14H12FN3O3. The largest absolute Gasteiger partial charge is 0.482 e. The lowest BCUT2D eigenvalue weighted by molar-refractivity contribution is -0.385. The molecule has 0 atom stereocenters. The number of nitrogen functional groups attached to an aromatic ring is 1. The van der Waals surface area contributed by atoms with Gasteiger partial charge in [0.25, 0.3) is 0 Å². The van der Waals surface area contributed by atoms with Gasteiger partial charge < -0.3 is 10.5 Å². The van der Waals surface area contributed by atoms with Crippen LogP contribution >= 0.6 is 0 Å². The van der Waals surface area contributed by atoms with Crippen molar-refractivity contribution in [3.05, 3.63) is 69.5 Å². The van der Waals surface area contributed by atoms with E-state index >= 15 is 0 Å². The number of rotatable bonds is 5. The number of nitrogens with two attached hydrogens (primary N) is 1. The van der Waals surface area contributed by atoms with Crippen LogP contribution in [0, 0.1) is 21.3 Å². The number of nitro benzene ring substituents is 1. The molecule has 108 valence electrons. The number of hydrogen-bond donors (Lipinski definition) is 2. The van der Waals surface area contributed by atoms with Crippen LogP contribution < -0.4 is 10.5 Å². The molecule has 0 amide bonds. The second-order valence-corrected chi connectivity index (χ2v) is 4.28. The fourth-order valence-electron chi connectivity index (χ4n) is 1.78. The summed E-state index contributed by atoms with van der Waals surface area (Å²) in [5.74, 6) is -0.721. The molecule has 7 heteroatoms. The topological polar surface area (TPSA) is 102 Å². The first kappa shape index (κ1) is 14.4. The van der Waals surface area contributed by atoms with Crippen LogP contribution in [0.3, 0.4) is 0 Å². The van der Waals surface area contributed by atoms with E-state index in [0.717, 1.165) is 6.07 Å². The smallest absolute Gasteiger partial charge is 0.310 e. The van der Waals surface area contributed by atoms with E-state index in [1.54, 1.807) is 6.07 Å². The van der Waals surface area contributed by atoms with E-state index < -0.39 is 10.7 Å². The van der Waals surface area contributed by atoms with Crippen molar-refractivity contribution in [2.75, 3.05) is 0 Å². The van der Waals surface area contributed by atoms with Gasteiger partial charge in [0.15, 0.2) is 5.75 Å². The summed E-state index contributed by atoms with van der Waals surface area (Å²) in [4.78, 5) is 10.3. The molecule has 3 N–H and O–H groups in total. The average Bonchev–Trinajstić information content (AvgIpc) is 2.44. The normalized spacial score (nSPS) is 10.1. The monoisotopic (exact) mass is 289 g/mol. The summed E-state index contributed by atoms with van der Waals surface area (Å²) >= 11 is 0. The second kappa shape index (κ2) is 6.00. The summed E-state index contributed by atoms with van der Waals surface area (Å²) in [5, 5.41) is 18.1. The maximum absolute atomic E-state index is 13.4. The summed E-state index contributed by atoms with van der Waals surface area (Å²) in [6.07, 6.45) is 0. The lowest BCUT2D eigenvalue weighted by Crippen LogP contribution is -2.12. The Hall–Kier alpha value is -2.96. The summed E-state index contributed by atoms with van der Waals surface area (Å²) in [6, 6.07) is 9.78. The molecule has 0 radical (unpaired) electrons. The van der Waals surface area contributed by atoms with Crippen LogP contribution in [-0.4, -0.2) is 10.8 Å². The van der Waals surface area contributed by atoms with E-state index in [4.69, 9.17) is 15.9 Å². The molecule has 6 nitrogen and oxygen atoms in total. The van der Waals surface area contributed by atoms with E-state index in [1.807, 2.05) is 0 Å². The lowest BCUT2D eigenvalue weighted by Gasteiger charge is -2.08. The van der Waals surface area contributed by atoms with Gasteiger partial charge in [-0.3, -0.25) is 15.5 Å². The molecule has 0 bridgehead atoms. The highest BCUT2D eigenvalue weighted by atomic mass is 19.1. The fraction of sp³-hybridized carbons (Fsp3) is 0.0714. The number of amidine groups is 1. The number of halogens is 1. The zero-order chi connectivity index (χ0) is 15.4. The first-order valence-electron chi connectivity index (χ1n) is 5.97. The minimum absolute atomic E-state index is 0.0666. The van der Waals surface area contributed by atoms with Crippen LogP contribution in [0.15, 0.2) is 42.5 Å². The van der Waals surface area contributed by atoms with Gasteiger partial charge in [-0.15, -0.1) is 0 Å². The van der Waals surface area contributed by atoms with Crippen LogP contribution in [-0.2, 0) is 6.61 Å². The Morgan fingerprint density at radius 2 is 2.05 bits per heavy atom. The van der Waals surface area contributed by atoms with Crippen molar-refractivity contribution in [1.82, 2.24) is 0 Å². The number of hydrogen-bond acceptors (Lipinski definition) is 4. The van der Waals surface area contributed by atoms with Crippen LogP contribution in [0.25, 0.3) is 0 Å². The molecule has 0 fully saturated rings. The van der Waals surface area contributed by atoms with Gasteiger partial charge in [-0.1, -0.05) is 12.1 Å². The van der Waals surface area contributed by atoms with Crippen molar-refractivity contribution in [3.63, 3.8) is 0 Å². The summed E-state index contributed by atoms with van der Waals surface area (Å²) in [7, 11) is 0. The van der Waals surface area contributed by atoms with Gasteiger partial charge in [-0.05, 0) is 29.8 Å². The summed E-state index contributed by atoms with van der Waals surface area (Å²) < 4.78 is 18.8. The van der Waals surface area contributed by atoms with Crippen molar-refractivity contribution in [2.24, 2.45) is 5.73 Å². The number of nitrogens with one attached hydrogen (secondary N) is 1. The molecular weight excluding hydrogens is 277 g/mol. The van der Waals surface area contributed by atoms with Crippen molar-refractivity contribution < 1.29 is 14.1 Å². The Balaban J connectivity index is 2.21. The number of ether oxygens (including phenoxy) is 1. The van der Waals surface area contributed by atoms with Gasteiger partial charge in [-0.2, -0.15) is 0 Å². The molecule has 0 aliphatic rings. The van der Waals surface area contributed by atoms with Gasteiger partial charge in [0, 0.05) is 11.6 Å². The van der Waals surface area contributed by atoms with Gasteiger partial charge in [0.1, 0.15) is 18.3 Å². The molecule has 0 heterocycles. The van der Waals surface area contributed by atoms with E-state index in [-0.39, 0.29) is 29.4 Å². The van der Waals surface area contributed by atoms with Crippen LogP contribution in [0.2, 0.25) is 0 Å². The zero-order valence-electron chi connectivity index (χ0n) is 10.9. The molecule has 0 aromatic heterocycles. The maximum atomic E-state index is 13.4. The third-order valence-electron chi connectivity index (χ3n) is 2.72. The molecule has 0 unspecified atom stereocenters. The highest BCUT2D eigenvalue weighted by Gasteiger charge is 2.14. The highest BCUT2D eigenvalue weighted by Crippen LogP contribution is 2.26. The minimum Gasteiger partial charge on any atom is -0.482 e. The molecule has 0 aliphatic carbocycles. The zero-order valence-corrected chi connectivity index (χ0v) is 10.9. The third kappa shape index (κ3) is 3.53. The summed E-state index contributed by atoms with van der Waals surface area (Å²) in [5.41, 5.74) is 5.80. The van der Waals surface area contributed by atoms with Gasteiger partial charge >= 0.3 is 5.69 Å². The van der Waals surface area contributed by atoms with Crippen LogP contribution in [0.1, 0.15) is 11.1 Å². The van der Waals surface area contributed by atoms with Crippen molar-refractivity contribution in [3.8, 4) is 5.75 Å². The number of para-hydroxylation sites is 2. The molecule has 0 saturated carbocycles. The second-order valence-electron chi connectivity index (χ2n) is 4.28.